The van der Waals surface area contributed by atoms with E-state index in [0.29, 0.717) is 12.0 Å². The van der Waals surface area contributed by atoms with Crippen molar-refractivity contribution in [1.29, 1.82) is 0 Å². The van der Waals surface area contributed by atoms with Gasteiger partial charge in [-0.1, -0.05) is 62.4 Å². The Kier molecular flexibility index (Phi) is 6.92. The van der Waals surface area contributed by atoms with E-state index in [1.54, 1.807) is 7.11 Å². The van der Waals surface area contributed by atoms with Crippen molar-refractivity contribution < 1.29 is 9.47 Å². The van der Waals surface area contributed by atoms with Crippen molar-refractivity contribution >= 4 is 0 Å². The molecule has 1 saturated heterocycles. The van der Waals surface area contributed by atoms with E-state index in [1.165, 1.54) is 11.1 Å². The molecule has 2 aromatic rings. The highest BCUT2D eigenvalue weighted by Gasteiger charge is 2.40. The molecule has 1 N–H and O–H groups in total. The van der Waals surface area contributed by atoms with Crippen LogP contribution in [0.4, 0.5) is 0 Å². The maximum Gasteiger partial charge on any atom is 0.122 e. The summed E-state index contributed by atoms with van der Waals surface area (Å²) in [6.45, 7) is 7.23. The van der Waals surface area contributed by atoms with E-state index in [2.05, 4.69) is 73.8 Å². The molecule has 2 aromatic carbocycles. The second-order valence-electron chi connectivity index (χ2n) is 8.00. The van der Waals surface area contributed by atoms with Gasteiger partial charge in [-0.3, -0.25) is 0 Å². The molecule has 1 heterocycles. The van der Waals surface area contributed by atoms with Crippen LogP contribution in [0.5, 0.6) is 5.75 Å². The normalized spacial score (nSPS) is 22.7. The second kappa shape index (κ2) is 9.38. The number of methoxy groups -OCH3 is 1. The second-order valence-corrected chi connectivity index (χ2v) is 8.00. The fraction of sp³-hybridized carbons (Fsp3) is 0.500. The highest BCUT2D eigenvalue weighted by Crippen LogP contribution is 2.45. The van der Waals surface area contributed by atoms with Crippen LogP contribution >= 0.6 is 0 Å². The monoisotopic (exact) mass is 367 g/mol. The highest BCUT2D eigenvalue weighted by molar-refractivity contribution is 5.40. The number of hydrogen-bond acceptors (Lipinski definition) is 3. The molecule has 2 atom stereocenters. The number of ether oxygens (including phenoxy) is 2. The summed E-state index contributed by atoms with van der Waals surface area (Å²) in [7, 11) is 1.78. The molecule has 27 heavy (non-hydrogen) atoms. The molecule has 0 aromatic heterocycles. The quantitative estimate of drug-likeness (QED) is 0.670. The molecule has 1 fully saturated rings. The van der Waals surface area contributed by atoms with Crippen molar-refractivity contribution in [3.8, 4) is 5.75 Å². The Morgan fingerprint density at radius 1 is 1.11 bits per heavy atom. The van der Waals surface area contributed by atoms with Crippen LogP contribution in [0.3, 0.4) is 0 Å². The zero-order chi connectivity index (χ0) is 19.1. The third-order valence-corrected chi connectivity index (χ3v) is 5.88. The highest BCUT2D eigenvalue weighted by atomic mass is 16.5. The predicted molar refractivity (Wildman–Crippen MR) is 111 cm³/mol. The minimum Gasteiger partial charge on any atom is -0.496 e. The van der Waals surface area contributed by atoms with Crippen LogP contribution in [0.1, 0.15) is 44.2 Å². The molecular formula is C24H33NO2. The smallest absolute Gasteiger partial charge is 0.122 e. The molecule has 146 valence electrons. The molecule has 1 aliphatic heterocycles. The first-order valence-corrected chi connectivity index (χ1v) is 10.1. The number of nitrogens with one attached hydrogen (secondary N) is 1. The van der Waals surface area contributed by atoms with Crippen LogP contribution in [-0.4, -0.2) is 26.4 Å². The van der Waals surface area contributed by atoms with Gasteiger partial charge in [-0.05, 0) is 43.4 Å². The van der Waals surface area contributed by atoms with Crippen molar-refractivity contribution in [2.45, 2.75) is 51.2 Å². The summed E-state index contributed by atoms with van der Waals surface area (Å²) in [6.07, 6.45) is 3.49. The van der Waals surface area contributed by atoms with Gasteiger partial charge < -0.3 is 14.8 Å². The van der Waals surface area contributed by atoms with Gasteiger partial charge in [0.15, 0.2) is 0 Å². The molecular weight excluding hydrogens is 334 g/mol. The Morgan fingerprint density at radius 3 is 2.59 bits per heavy atom. The Hall–Kier alpha value is -1.84. The SMILES string of the molecule is COc1ccccc1[C@]1(CCNCc2ccccc2)CCO[C@H](C(C)C)C1. The molecule has 0 unspecified atom stereocenters. The van der Waals surface area contributed by atoms with E-state index in [1.807, 2.05) is 0 Å². The molecule has 3 rings (SSSR count). The van der Waals surface area contributed by atoms with Crippen LogP contribution in [0.25, 0.3) is 0 Å². The van der Waals surface area contributed by atoms with Gasteiger partial charge in [0, 0.05) is 24.1 Å². The van der Waals surface area contributed by atoms with Crippen LogP contribution in [0.2, 0.25) is 0 Å². The van der Waals surface area contributed by atoms with Crippen molar-refractivity contribution in [3.63, 3.8) is 0 Å². The first-order valence-electron chi connectivity index (χ1n) is 10.1. The molecule has 0 amide bonds. The standard InChI is InChI=1S/C24H33NO2/c1-19(2)23-17-24(14-16-27-23,21-11-7-8-12-22(21)26-3)13-15-25-18-20-9-5-4-6-10-20/h4-12,19,23,25H,13-18H2,1-3H3/t23-,24+/m0/s1. The van der Waals surface area contributed by atoms with Gasteiger partial charge in [-0.25, -0.2) is 0 Å². The Morgan fingerprint density at radius 2 is 1.85 bits per heavy atom. The third kappa shape index (κ3) is 4.91. The largest absolute Gasteiger partial charge is 0.496 e. The van der Waals surface area contributed by atoms with Crippen molar-refractivity contribution in [2.75, 3.05) is 20.3 Å². The summed E-state index contributed by atoms with van der Waals surface area (Å²) in [5.74, 6) is 1.53. The fourth-order valence-electron chi connectivity index (χ4n) is 4.23. The Bertz CT molecular complexity index is 701. The van der Waals surface area contributed by atoms with Gasteiger partial charge in [-0.15, -0.1) is 0 Å². The number of hydrogen-bond donors (Lipinski definition) is 1. The summed E-state index contributed by atoms with van der Waals surface area (Å²) in [5.41, 5.74) is 2.77. The lowest BCUT2D eigenvalue weighted by Gasteiger charge is -2.43. The van der Waals surface area contributed by atoms with Crippen LogP contribution < -0.4 is 10.1 Å². The minimum atomic E-state index is 0.101. The molecule has 3 nitrogen and oxygen atoms in total. The average molecular weight is 368 g/mol. The average Bonchev–Trinajstić information content (AvgIpc) is 2.72. The third-order valence-electron chi connectivity index (χ3n) is 5.88. The van der Waals surface area contributed by atoms with Gasteiger partial charge >= 0.3 is 0 Å². The lowest BCUT2D eigenvalue weighted by atomic mass is 9.68. The van der Waals surface area contributed by atoms with Gasteiger partial charge in [-0.2, -0.15) is 0 Å². The maximum atomic E-state index is 6.10. The molecule has 0 spiro atoms. The molecule has 0 bridgehead atoms. The topological polar surface area (TPSA) is 30.5 Å². The minimum absolute atomic E-state index is 0.101. The predicted octanol–water partition coefficient (Wildman–Crippen LogP) is 4.95. The first kappa shape index (κ1) is 19.9. The summed E-state index contributed by atoms with van der Waals surface area (Å²) in [4.78, 5) is 0. The van der Waals surface area contributed by atoms with E-state index in [4.69, 9.17) is 9.47 Å². The summed E-state index contributed by atoms with van der Waals surface area (Å²) in [5, 5.41) is 3.64. The molecule has 0 saturated carbocycles. The lowest BCUT2D eigenvalue weighted by Crippen LogP contribution is -2.42. The zero-order valence-corrected chi connectivity index (χ0v) is 16.9. The van der Waals surface area contributed by atoms with Gasteiger partial charge in [0.1, 0.15) is 5.75 Å². The van der Waals surface area contributed by atoms with E-state index < -0.39 is 0 Å². The summed E-state index contributed by atoms with van der Waals surface area (Å²) in [6, 6.07) is 19.1. The van der Waals surface area contributed by atoms with E-state index >= 15 is 0 Å². The maximum absolute atomic E-state index is 6.10. The van der Waals surface area contributed by atoms with E-state index in [9.17, 15) is 0 Å². The summed E-state index contributed by atoms with van der Waals surface area (Å²) < 4.78 is 11.8. The van der Waals surface area contributed by atoms with E-state index in [0.717, 1.165) is 44.7 Å². The van der Waals surface area contributed by atoms with Crippen LogP contribution in [-0.2, 0) is 16.7 Å². The van der Waals surface area contributed by atoms with Crippen molar-refractivity contribution in [3.05, 3.63) is 65.7 Å². The molecule has 0 aliphatic carbocycles. The molecule has 3 heteroatoms. The summed E-state index contributed by atoms with van der Waals surface area (Å²) >= 11 is 0. The van der Waals surface area contributed by atoms with Crippen LogP contribution in [0.15, 0.2) is 54.6 Å². The zero-order valence-electron chi connectivity index (χ0n) is 16.9. The number of benzene rings is 2. The van der Waals surface area contributed by atoms with Crippen molar-refractivity contribution in [2.24, 2.45) is 5.92 Å². The molecule has 0 radical (unpaired) electrons. The Balaban J connectivity index is 1.75. The van der Waals surface area contributed by atoms with Crippen molar-refractivity contribution in [1.82, 2.24) is 5.32 Å². The fourth-order valence-corrected chi connectivity index (χ4v) is 4.23. The van der Waals surface area contributed by atoms with E-state index in [-0.39, 0.29) is 5.41 Å². The van der Waals surface area contributed by atoms with Gasteiger partial charge in [0.25, 0.3) is 0 Å². The van der Waals surface area contributed by atoms with Gasteiger partial charge in [0.2, 0.25) is 0 Å². The lowest BCUT2D eigenvalue weighted by molar-refractivity contribution is -0.0473. The van der Waals surface area contributed by atoms with Gasteiger partial charge in [0.05, 0.1) is 13.2 Å². The number of para-hydroxylation sites is 1. The number of rotatable bonds is 8. The Labute approximate surface area is 164 Å². The molecule has 1 aliphatic rings. The first-order chi connectivity index (χ1) is 13.1. The van der Waals surface area contributed by atoms with Crippen LogP contribution in [0, 0.1) is 5.92 Å².